The molecule has 1 aliphatic rings. The molecule has 0 radical (unpaired) electrons. The lowest BCUT2D eigenvalue weighted by molar-refractivity contribution is 0.745. The maximum atomic E-state index is 6.18. The van der Waals surface area contributed by atoms with Crippen molar-refractivity contribution >= 4 is 22.9 Å². The largest absolute Gasteiger partial charge is 0.149 e. The fourth-order valence-electron chi connectivity index (χ4n) is 1.74. The summed E-state index contributed by atoms with van der Waals surface area (Å²) in [6, 6.07) is 4.32. The summed E-state index contributed by atoms with van der Waals surface area (Å²) in [4.78, 5) is 1.47. The van der Waals surface area contributed by atoms with E-state index < -0.39 is 0 Å². The molecule has 1 aromatic heterocycles. The monoisotopic (exact) mass is 186 g/mol. The topological polar surface area (TPSA) is 0 Å². The zero-order valence-electron chi connectivity index (χ0n) is 6.29. The van der Waals surface area contributed by atoms with Crippen molar-refractivity contribution in [1.29, 1.82) is 0 Å². The van der Waals surface area contributed by atoms with Gasteiger partial charge >= 0.3 is 0 Å². The second-order valence-electron chi connectivity index (χ2n) is 3.07. The Bertz CT molecular complexity index is 217. The second-order valence-corrected chi connectivity index (χ2v) is 4.61. The van der Waals surface area contributed by atoms with Crippen LogP contribution in [0.4, 0.5) is 0 Å². The van der Waals surface area contributed by atoms with Gasteiger partial charge in [-0.3, -0.25) is 0 Å². The zero-order chi connectivity index (χ0) is 7.68. The van der Waals surface area contributed by atoms with E-state index in [2.05, 4.69) is 17.5 Å². The van der Waals surface area contributed by atoms with Gasteiger partial charge in [0.1, 0.15) is 0 Å². The molecule has 2 heteroatoms. The highest BCUT2D eigenvalue weighted by Gasteiger charge is 2.26. The summed E-state index contributed by atoms with van der Waals surface area (Å²) in [5.74, 6) is 0.650. The van der Waals surface area contributed by atoms with Gasteiger partial charge < -0.3 is 0 Å². The van der Waals surface area contributed by atoms with E-state index in [1.54, 1.807) is 0 Å². The fourth-order valence-corrected chi connectivity index (χ4v) is 3.16. The highest BCUT2D eigenvalue weighted by Crippen LogP contribution is 2.39. The van der Waals surface area contributed by atoms with Crippen LogP contribution in [0.25, 0.3) is 0 Å². The number of thiophene rings is 1. The van der Waals surface area contributed by atoms with E-state index in [1.165, 1.54) is 24.1 Å². The van der Waals surface area contributed by atoms with Crippen molar-refractivity contribution in [1.82, 2.24) is 0 Å². The molecule has 1 saturated carbocycles. The lowest BCUT2D eigenvalue weighted by Gasteiger charge is -2.10. The maximum absolute atomic E-state index is 6.18. The molecule has 0 bridgehead atoms. The van der Waals surface area contributed by atoms with Gasteiger partial charge in [0, 0.05) is 16.2 Å². The average Bonchev–Trinajstić information content (AvgIpc) is 2.55. The molecule has 0 N–H and O–H groups in total. The first kappa shape index (κ1) is 7.63. The lowest BCUT2D eigenvalue weighted by Crippen LogP contribution is -2.02. The van der Waals surface area contributed by atoms with Crippen LogP contribution in [-0.2, 0) is 0 Å². The Hall–Kier alpha value is -0.0100. The van der Waals surface area contributed by atoms with E-state index in [0.29, 0.717) is 11.3 Å². The second kappa shape index (κ2) is 3.16. The van der Waals surface area contributed by atoms with Crippen LogP contribution >= 0.6 is 22.9 Å². The number of hydrogen-bond donors (Lipinski definition) is 0. The Kier molecular flexibility index (Phi) is 2.19. The highest BCUT2D eigenvalue weighted by molar-refractivity contribution is 7.10. The molecule has 0 amide bonds. The minimum absolute atomic E-state index is 0.397. The molecule has 1 aliphatic carbocycles. The van der Waals surface area contributed by atoms with E-state index >= 15 is 0 Å². The molecule has 0 saturated heterocycles. The lowest BCUT2D eigenvalue weighted by atomic mass is 10.1. The summed E-state index contributed by atoms with van der Waals surface area (Å²) < 4.78 is 0. The van der Waals surface area contributed by atoms with Gasteiger partial charge in [0.2, 0.25) is 0 Å². The minimum Gasteiger partial charge on any atom is -0.149 e. The first-order chi connectivity index (χ1) is 5.38. The number of rotatable bonds is 1. The molecular weight excluding hydrogens is 176 g/mol. The molecule has 2 unspecified atom stereocenters. The highest BCUT2D eigenvalue weighted by atomic mass is 35.5. The van der Waals surface area contributed by atoms with Crippen molar-refractivity contribution in [3.8, 4) is 0 Å². The van der Waals surface area contributed by atoms with Gasteiger partial charge in [-0.15, -0.1) is 22.9 Å². The molecule has 0 spiro atoms. The van der Waals surface area contributed by atoms with Crippen molar-refractivity contribution in [3.05, 3.63) is 22.4 Å². The van der Waals surface area contributed by atoms with Crippen LogP contribution in [0.15, 0.2) is 17.5 Å². The molecule has 1 aromatic rings. The Balaban J connectivity index is 2.16. The molecule has 0 nitrogen and oxygen atoms in total. The Morgan fingerprint density at radius 2 is 2.36 bits per heavy atom. The predicted molar refractivity (Wildman–Crippen MR) is 50.6 cm³/mol. The third kappa shape index (κ3) is 1.45. The normalized spacial score (nSPS) is 31.0. The smallest absolute Gasteiger partial charge is 0.0412 e. The van der Waals surface area contributed by atoms with Crippen molar-refractivity contribution in [2.24, 2.45) is 0 Å². The van der Waals surface area contributed by atoms with Crippen molar-refractivity contribution in [2.75, 3.05) is 0 Å². The molecule has 1 fully saturated rings. The van der Waals surface area contributed by atoms with Gasteiger partial charge in [0.05, 0.1) is 0 Å². The first-order valence-electron chi connectivity index (χ1n) is 4.05. The predicted octanol–water partition coefficient (Wildman–Crippen LogP) is 3.62. The summed E-state index contributed by atoms with van der Waals surface area (Å²) >= 11 is 8.02. The fraction of sp³-hybridized carbons (Fsp3) is 0.556. The van der Waals surface area contributed by atoms with E-state index in [4.69, 9.17) is 11.6 Å². The van der Waals surface area contributed by atoms with Gasteiger partial charge in [-0.1, -0.05) is 12.5 Å². The van der Waals surface area contributed by atoms with Crippen molar-refractivity contribution in [3.63, 3.8) is 0 Å². The van der Waals surface area contributed by atoms with Crippen LogP contribution in [0, 0.1) is 0 Å². The molecular formula is C9H11ClS. The van der Waals surface area contributed by atoms with Gasteiger partial charge in [-0.25, -0.2) is 0 Å². The van der Waals surface area contributed by atoms with E-state index in [9.17, 15) is 0 Å². The maximum Gasteiger partial charge on any atom is 0.0412 e. The van der Waals surface area contributed by atoms with Crippen LogP contribution in [-0.4, -0.2) is 5.38 Å². The van der Waals surface area contributed by atoms with E-state index in [-0.39, 0.29) is 0 Å². The van der Waals surface area contributed by atoms with Crippen LogP contribution in [0.2, 0.25) is 0 Å². The minimum atomic E-state index is 0.397. The molecule has 11 heavy (non-hydrogen) atoms. The van der Waals surface area contributed by atoms with Gasteiger partial charge in [-0.2, -0.15) is 0 Å². The third-order valence-electron chi connectivity index (χ3n) is 2.34. The van der Waals surface area contributed by atoms with Crippen molar-refractivity contribution in [2.45, 2.75) is 30.6 Å². The number of alkyl halides is 1. The quantitative estimate of drug-likeness (QED) is 0.588. The van der Waals surface area contributed by atoms with E-state index in [1.807, 2.05) is 11.3 Å². The standard InChI is InChI=1S/C9H11ClS/c10-8-4-1-3-7(8)9-5-2-6-11-9/h2,5-8H,1,3-4H2. The van der Waals surface area contributed by atoms with Gasteiger partial charge in [0.25, 0.3) is 0 Å². The number of hydrogen-bond acceptors (Lipinski definition) is 1. The molecule has 0 aromatic carbocycles. The third-order valence-corrected chi connectivity index (χ3v) is 3.87. The van der Waals surface area contributed by atoms with Gasteiger partial charge in [0.15, 0.2) is 0 Å². The van der Waals surface area contributed by atoms with Crippen LogP contribution in [0.5, 0.6) is 0 Å². The number of halogens is 1. The summed E-state index contributed by atoms with van der Waals surface area (Å²) in [5, 5.41) is 2.53. The summed E-state index contributed by atoms with van der Waals surface area (Å²) in [6.45, 7) is 0. The Morgan fingerprint density at radius 3 is 2.91 bits per heavy atom. The SMILES string of the molecule is ClC1CCCC1c1cccs1. The van der Waals surface area contributed by atoms with Crippen LogP contribution in [0.1, 0.15) is 30.1 Å². The van der Waals surface area contributed by atoms with Gasteiger partial charge in [-0.05, 0) is 24.3 Å². The molecule has 1 heterocycles. The molecule has 2 atom stereocenters. The van der Waals surface area contributed by atoms with E-state index in [0.717, 1.165) is 0 Å². The molecule has 2 rings (SSSR count). The molecule has 60 valence electrons. The molecule has 0 aliphatic heterocycles. The Morgan fingerprint density at radius 1 is 1.45 bits per heavy atom. The van der Waals surface area contributed by atoms with Crippen LogP contribution < -0.4 is 0 Å². The summed E-state index contributed by atoms with van der Waals surface area (Å²) in [6.07, 6.45) is 3.79. The van der Waals surface area contributed by atoms with Crippen LogP contribution in [0.3, 0.4) is 0 Å². The summed E-state index contributed by atoms with van der Waals surface area (Å²) in [7, 11) is 0. The average molecular weight is 187 g/mol. The Labute approximate surface area is 76.2 Å². The summed E-state index contributed by atoms with van der Waals surface area (Å²) in [5.41, 5.74) is 0. The zero-order valence-corrected chi connectivity index (χ0v) is 7.87. The first-order valence-corrected chi connectivity index (χ1v) is 5.37. The van der Waals surface area contributed by atoms with Crippen molar-refractivity contribution < 1.29 is 0 Å².